The van der Waals surface area contributed by atoms with Crippen molar-refractivity contribution in [3.8, 4) is 0 Å². The molecule has 2 N–H and O–H groups in total. The Bertz CT molecular complexity index is 1210. The van der Waals surface area contributed by atoms with Crippen molar-refractivity contribution < 1.29 is 0 Å². The molecule has 0 saturated carbocycles. The van der Waals surface area contributed by atoms with Crippen LogP contribution in [0.5, 0.6) is 0 Å². The van der Waals surface area contributed by atoms with Gasteiger partial charge in [-0.2, -0.15) is 0 Å². The predicted molar refractivity (Wildman–Crippen MR) is 106 cm³/mol. The maximum atomic E-state index is 4.64. The highest BCUT2D eigenvalue weighted by molar-refractivity contribution is 7.80. The van der Waals surface area contributed by atoms with E-state index in [-0.39, 0.29) is 0 Å². The average molecular weight is 342 g/mol. The molecule has 120 valence electrons. The zero-order valence-corrected chi connectivity index (χ0v) is 14.1. The first-order valence-corrected chi connectivity index (χ1v) is 8.43. The van der Waals surface area contributed by atoms with E-state index in [1.54, 1.807) is 0 Å². The molecular formula is C20H14N4S. The molecule has 3 aromatic heterocycles. The van der Waals surface area contributed by atoms with Crippen molar-refractivity contribution in [2.24, 2.45) is 0 Å². The zero-order valence-electron chi connectivity index (χ0n) is 13.2. The summed E-state index contributed by atoms with van der Waals surface area (Å²) in [5, 5.41) is 0. The van der Waals surface area contributed by atoms with Gasteiger partial charge in [-0.25, -0.2) is 9.97 Å². The van der Waals surface area contributed by atoms with Crippen molar-refractivity contribution in [1.29, 1.82) is 0 Å². The molecule has 3 aromatic rings. The fourth-order valence-corrected chi connectivity index (χ4v) is 3.26. The van der Waals surface area contributed by atoms with Crippen LogP contribution in [0.3, 0.4) is 0 Å². The molecular weight excluding hydrogens is 328 g/mol. The highest BCUT2D eigenvalue weighted by atomic mass is 32.1. The van der Waals surface area contributed by atoms with Gasteiger partial charge in [0.2, 0.25) is 0 Å². The van der Waals surface area contributed by atoms with E-state index in [1.807, 2.05) is 66.8 Å². The molecule has 25 heavy (non-hydrogen) atoms. The first-order valence-electron chi connectivity index (χ1n) is 7.99. The minimum atomic E-state index is 0.885. The van der Waals surface area contributed by atoms with Crippen molar-refractivity contribution in [3.05, 3.63) is 65.2 Å². The second-order valence-corrected chi connectivity index (χ2v) is 6.54. The summed E-state index contributed by atoms with van der Waals surface area (Å²) in [4.78, 5) is 16.9. The van der Waals surface area contributed by atoms with E-state index >= 15 is 0 Å². The van der Waals surface area contributed by atoms with Crippen LogP contribution in [0.4, 0.5) is 0 Å². The second-order valence-electron chi connectivity index (χ2n) is 6.06. The lowest BCUT2D eigenvalue weighted by Crippen LogP contribution is -1.75. The maximum absolute atomic E-state index is 4.64. The molecule has 5 heteroatoms. The molecule has 0 fully saturated rings. The third kappa shape index (κ3) is 2.79. The standard InChI is InChI=1S/C20H14N4S/c25-20-11-18-9-16-4-3-14(22-16)7-12-1-2-13(21-12)8-15-5-6-17(23-15)10-19(20)24-18/h1-11,21,24-25H. The van der Waals surface area contributed by atoms with Crippen LogP contribution in [-0.4, -0.2) is 19.9 Å². The largest absolute Gasteiger partial charge is 0.355 e. The van der Waals surface area contributed by atoms with Crippen LogP contribution in [-0.2, 0) is 0 Å². The Labute approximate surface area is 149 Å². The number of hydrogen-bond donors (Lipinski definition) is 3. The number of rotatable bonds is 0. The van der Waals surface area contributed by atoms with Gasteiger partial charge in [0.1, 0.15) is 0 Å². The van der Waals surface area contributed by atoms with Crippen molar-refractivity contribution in [2.75, 3.05) is 0 Å². The molecule has 0 atom stereocenters. The van der Waals surface area contributed by atoms with Crippen LogP contribution in [0, 0.1) is 0 Å². The molecule has 0 spiro atoms. The predicted octanol–water partition coefficient (Wildman–Crippen LogP) is 4.94. The molecule has 0 saturated heterocycles. The Morgan fingerprint density at radius 1 is 0.600 bits per heavy atom. The van der Waals surface area contributed by atoms with Gasteiger partial charge in [0.25, 0.3) is 0 Å². The van der Waals surface area contributed by atoms with Crippen molar-refractivity contribution in [2.45, 2.75) is 4.90 Å². The lowest BCUT2D eigenvalue weighted by Gasteiger charge is -1.86. The summed E-state index contributed by atoms with van der Waals surface area (Å²) in [6.07, 6.45) is 8.03. The SMILES string of the molecule is Sc1cc2cc3nc(cc4ccc(cc5nc(cc1[nH]2)C=C5)[nH]4)C=C3. The van der Waals surface area contributed by atoms with Crippen LogP contribution in [0.1, 0.15) is 22.8 Å². The molecule has 0 aliphatic carbocycles. The molecule has 0 radical (unpaired) electrons. The Kier molecular flexibility index (Phi) is 3.15. The summed E-state index contributed by atoms with van der Waals surface area (Å²) in [5.74, 6) is 0. The first kappa shape index (κ1) is 14.3. The lowest BCUT2D eigenvalue weighted by molar-refractivity contribution is 1.31. The molecule has 2 aliphatic heterocycles. The topological polar surface area (TPSA) is 57.4 Å². The third-order valence-electron chi connectivity index (χ3n) is 4.15. The molecule has 0 aromatic carbocycles. The van der Waals surface area contributed by atoms with Gasteiger partial charge in [0, 0.05) is 21.4 Å². The number of aromatic amines is 2. The first-order chi connectivity index (χ1) is 12.2. The van der Waals surface area contributed by atoms with Gasteiger partial charge in [-0.1, -0.05) is 0 Å². The minimum absolute atomic E-state index is 0.885. The summed E-state index contributed by atoms with van der Waals surface area (Å²) >= 11 is 4.56. The molecule has 0 amide bonds. The highest BCUT2D eigenvalue weighted by Crippen LogP contribution is 2.21. The molecule has 8 bridgehead atoms. The summed E-state index contributed by atoms with van der Waals surface area (Å²) in [6, 6.07) is 14.2. The minimum Gasteiger partial charge on any atom is -0.355 e. The van der Waals surface area contributed by atoms with E-state index in [9.17, 15) is 0 Å². The fourth-order valence-electron chi connectivity index (χ4n) is 3.00. The van der Waals surface area contributed by atoms with Crippen LogP contribution in [0.25, 0.3) is 46.4 Å². The third-order valence-corrected chi connectivity index (χ3v) is 4.52. The van der Waals surface area contributed by atoms with Crippen LogP contribution in [0.2, 0.25) is 0 Å². The molecule has 2 aliphatic rings. The second kappa shape index (κ2) is 5.50. The van der Waals surface area contributed by atoms with E-state index in [0.717, 1.165) is 49.7 Å². The average Bonchev–Trinajstić information content (AvgIpc) is 3.33. The quantitative estimate of drug-likeness (QED) is 0.349. The fraction of sp³-hybridized carbons (Fsp3) is 0. The van der Waals surface area contributed by atoms with E-state index in [0.29, 0.717) is 0 Å². The van der Waals surface area contributed by atoms with Gasteiger partial charge in [0.15, 0.2) is 0 Å². The van der Waals surface area contributed by atoms with Crippen molar-refractivity contribution in [1.82, 2.24) is 19.9 Å². The van der Waals surface area contributed by atoms with Crippen molar-refractivity contribution in [3.63, 3.8) is 0 Å². The highest BCUT2D eigenvalue weighted by Gasteiger charge is 2.03. The van der Waals surface area contributed by atoms with E-state index in [4.69, 9.17) is 0 Å². The monoisotopic (exact) mass is 342 g/mol. The Balaban J connectivity index is 1.87. The summed E-state index contributed by atoms with van der Waals surface area (Å²) in [6.45, 7) is 0. The number of hydrogen-bond acceptors (Lipinski definition) is 3. The van der Waals surface area contributed by atoms with E-state index in [1.165, 1.54) is 0 Å². The number of aromatic nitrogens is 4. The van der Waals surface area contributed by atoms with Gasteiger partial charge in [0.05, 0.1) is 28.3 Å². The lowest BCUT2D eigenvalue weighted by atomic mass is 10.3. The van der Waals surface area contributed by atoms with Gasteiger partial charge >= 0.3 is 0 Å². The number of nitrogens with one attached hydrogen (secondary N) is 2. The van der Waals surface area contributed by atoms with E-state index < -0.39 is 0 Å². The molecule has 0 unspecified atom stereocenters. The van der Waals surface area contributed by atoms with Crippen LogP contribution < -0.4 is 0 Å². The number of fused-ring (bicyclic) bond motifs is 8. The summed E-state index contributed by atoms with van der Waals surface area (Å²) in [5.41, 5.74) is 7.57. The van der Waals surface area contributed by atoms with Crippen LogP contribution in [0.15, 0.2) is 47.4 Å². The summed E-state index contributed by atoms with van der Waals surface area (Å²) in [7, 11) is 0. The van der Waals surface area contributed by atoms with Gasteiger partial charge in [-0.3, -0.25) is 0 Å². The zero-order chi connectivity index (χ0) is 16.8. The van der Waals surface area contributed by atoms with Gasteiger partial charge in [-0.05, 0) is 66.8 Å². The smallest absolute Gasteiger partial charge is 0.0658 e. The van der Waals surface area contributed by atoms with E-state index in [2.05, 4.69) is 32.6 Å². The number of thiol groups is 1. The number of nitrogens with zero attached hydrogens (tertiary/aromatic N) is 2. The Morgan fingerprint density at radius 3 is 1.72 bits per heavy atom. The molecule has 5 heterocycles. The van der Waals surface area contributed by atoms with Crippen molar-refractivity contribution >= 4 is 59.0 Å². The number of H-pyrrole nitrogens is 2. The van der Waals surface area contributed by atoms with Crippen LogP contribution >= 0.6 is 12.6 Å². The molecule has 4 nitrogen and oxygen atoms in total. The maximum Gasteiger partial charge on any atom is 0.0658 e. The summed E-state index contributed by atoms with van der Waals surface area (Å²) < 4.78 is 0. The van der Waals surface area contributed by atoms with Gasteiger partial charge in [-0.15, -0.1) is 12.6 Å². The van der Waals surface area contributed by atoms with Gasteiger partial charge < -0.3 is 9.97 Å². The Morgan fingerprint density at radius 2 is 1.12 bits per heavy atom. The molecule has 5 rings (SSSR count). The Hall–Kier alpha value is -3.05. The normalized spacial score (nSPS) is 12.7.